The number of benzene rings is 9. The molecule has 2 bridgehead atoms. The third kappa shape index (κ3) is 5.30. The fourth-order valence-corrected chi connectivity index (χ4v) is 11.1. The number of ether oxygens (including phenoxy) is 2. The van der Waals surface area contributed by atoms with E-state index in [2.05, 4.69) is 155 Å². The maximum atomic E-state index is 11.8. The number of nitriles is 2. The normalized spacial score (nSPS) is 16.3. The van der Waals surface area contributed by atoms with Gasteiger partial charge in [-0.15, -0.1) is 0 Å². The van der Waals surface area contributed by atoms with E-state index < -0.39 is 0 Å². The summed E-state index contributed by atoms with van der Waals surface area (Å²) in [7, 11) is 0. The van der Waals surface area contributed by atoms with E-state index in [-0.39, 0.29) is 11.8 Å². The molecule has 2 aliphatic heterocycles. The molecule has 1 fully saturated rings. The molecule has 0 atom stereocenters. The number of hydrogen-bond acceptors (Lipinski definition) is 6. The molecule has 0 spiro atoms. The van der Waals surface area contributed by atoms with Gasteiger partial charge in [0.1, 0.15) is 12.1 Å². The second-order valence-corrected chi connectivity index (χ2v) is 17.3. The molecule has 0 aromatic heterocycles. The first kappa shape index (κ1) is 36.3. The van der Waals surface area contributed by atoms with Crippen LogP contribution in [0.3, 0.4) is 0 Å². The number of hydrogen-bond donors (Lipinski definition) is 0. The first-order valence-corrected chi connectivity index (χ1v) is 22.1. The second kappa shape index (κ2) is 14.1. The summed E-state index contributed by atoms with van der Waals surface area (Å²) in [6, 6.07) is 63.9. The van der Waals surface area contributed by atoms with Gasteiger partial charge in [-0.25, -0.2) is 0 Å². The topological polar surface area (TPSA) is 72.5 Å². The van der Waals surface area contributed by atoms with Crippen LogP contribution in [0.2, 0.25) is 0 Å². The number of rotatable bonds is 4. The van der Waals surface area contributed by atoms with Gasteiger partial charge in [-0.05, 0) is 118 Å². The minimum atomic E-state index is 0.174. The van der Waals surface area contributed by atoms with Crippen molar-refractivity contribution in [1.29, 1.82) is 10.5 Å². The van der Waals surface area contributed by atoms with Crippen LogP contribution in [0.25, 0.3) is 43.8 Å². The maximum Gasteiger partial charge on any atom is 0.159 e. The van der Waals surface area contributed by atoms with E-state index in [1.54, 1.807) is 0 Å². The second-order valence-electron chi connectivity index (χ2n) is 17.3. The van der Waals surface area contributed by atoms with Crippen LogP contribution in [0.15, 0.2) is 170 Å². The minimum Gasteiger partial charge on any atom is -0.452 e. The van der Waals surface area contributed by atoms with Crippen molar-refractivity contribution in [3.8, 4) is 57.4 Å². The predicted octanol–water partition coefficient (Wildman–Crippen LogP) is 16.0. The molecule has 9 aromatic carbocycles. The Kier molecular flexibility index (Phi) is 8.01. The van der Waals surface area contributed by atoms with E-state index >= 15 is 0 Å². The summed E-state index contributed by atoms with van der Waals surface area (Å²) in [5.41, 5.74) is 12.2. The van der Waals surface area contributed by atoms with Crippen LogP contribution in [0.5, 0.6) is 23.0 Å². The van der Waals surface area contributed by atoms with Gasteiger partial charge in [-0.2, -0.15) is 10.5 Å². The van der Waals surface area contributed by atoms with E-state index in [4.69, 9.17) is 9.47 Å². The van der Waals surface area contributed by atoms with Gasteiger partial charge < -0.3 is 19.3 Å². The molecule has 9 aromatic rings. The molecule has 5 aliphatic rings. The minimum absolute atomic E-state index is 0.174. The molecule has 302 valence electrons. The molecule has 14 rings (SSSR count). The Labute approximate surface area is 371 Å². The standard InChI is InChI=1S/C58H38N4O2/c59-33-45-46(34-60)56(62-48-28-24-38-16-8-10-18-44(38)58(48)64-52-30-26-42(32-50(52)62)36-13-5-2-6-14-36)54-40-21-19-39(20-22-40)53(54)55(45)61-47-27-23-37-15-7-9-17-43(37)57(47)63-51-29-25-41(31-49(51)61)35-11-3-1-4-12-35/h1-18,23-32,39-40H,19-22H2. The molecule has 2 heterocycles. The first-order chi connectivity index (χ1) is 31.7. The van der Waals surface area contributed by atoms with Crippen LogP contribution in [-0.4, -0.2) is 0 Å². The molecule has 0 N–H and O–H groups in total. The third-order valence-electron chi connectivity index (χ3n) is 14.0. The summed E-state index contributed by atoms with van der Waals surface area (Å²) in [6.45, 7) is 0. The van der Waals surface area contributed by atoms with E-state index in [1.807, 2.05) is 36.4 Å². The van der Waals surface area contributed by atoms with Gasteiger partial charge >= 0.3 is 0 Å². The molecule has 0 saturated heterocycles. The molecular weight excluding hydrogens is 785 g/mol. The highest BCUT2D eigenvalue weighted by Crippen LogP contribution is 2.65. The van der Waals surface area contributed by atoms with Crippen LogP contribution in [0.4, 0.5) is 34.1 Å². The van der Waals surface area contributed by atoms with Gasteiger partial charge in [-0.1, -0.05) is 133 Å². The van der Waals surface area contributed by atoms with Crippen molar-refractivity contribution in [3.05, 3.63) is 192 Å². The summed E-state index contributed by atoms with van der Waals surface area (Å²) in [4.78, 5) is 4.52. The van der Waals surface area contributed by atoms with Crippen LogP contribution in [0.1, 0.15) is 59.8 Å². The monoisotopic (exact) mass is 822 g/mol. The van der Waals surface area contributed by atoms with E-state index in [0.717, 1.165) is 126 Å². The SMILES string of the molecule is N#Cc1c(C#N)c(N2c3cc(-c4ccccc4)ccc3Oc3c2ccc2ccccc32)c2c(c1N1c3cc(-c4ccccc4)ccc3Oc3c1ccc1ccccc31)C1CCC2CC1. The number of nitrogens with zero attached hydrogens (tertiary/aromatic N) is 4. The largest absolute Gasteiger partial charge is 0.452 e. The lowest BCUT2D eigenvalue weighted by Crippen LogP contribution is -2.30. The molecule has 6 nitrogen and oxygen atoms in total. The fourth-order valence-electron chi connectivity index (χ4n) is 11.1. The lowest BCUT2D eigenvalue weighted by atomic mass is 9.64. The van der Waals surface area contributed by atoms with Gasteiger partial charge in [-0.3, -0.25) is 0 Å². The molecule has 0 amide bonds. The van der Waals surface area contributed by atoms with Crippen molar-refractivity contribution in [2.75, 3.05) is 9.80 Å². The van der Waals surface area contributed by atoms with Crippen LogP contribution < -0.4 is 19.3 Å². The summed E-state index contributed by atoms with van der Waals surface area (Å²) < 4.78 is 13.9. The van der Waals surface area contributed by atoms with Crippen molar-refractivity contribution in [3.63, 3.8) is 0 Å². The Balaban J connectivity index is 1.14. The number of fused-ring (bicyclic) bond motifs is 10. The maximum absolute atomic E-state index is 11.8. The van der Waals surface area contributed by atoms with Crippen molar-refractivity contribution < 1.29 is 9.47 Å². The lowest BCUT2D eigenvalue weighted by molar-refractivity contribution is 0.359. The zero-order valence-corrected chi connectivity index (χ0v) is 34.8. The summed E-state index contributed by atoms with van der Waals surface area (Å²) >= 11 is 0. The van der Waals surface area contributed by atoms with Gasteiger partial charge in [0.15, 0.2) is 23.0 Å². The van der Waals surface area contributed by atoms with Gasteiger partial charge in [0.25, 0.3) is 0 Å². The van der Waals surface area contributed by atoms with Crippen LogP contribution in [-0.2, 0) is 0 Å². The van der Waals surface area contributed by atoms with E-state index in [9.17, 15) is 10.5 Å². The highest BCUT2D eigenvalue weighted by atomic mass is 16.5. The van der Waals surface area contributed by atoms with E-state index in [1.165, 1.54) is 0 Å². The molecule has 0 radical (unpaired) electrons. The molecule has 6 heteroatoms. The average Bonchev–Trinajstić information content (AvgIpc) is 3.37. The predicted molar refractivity (Wildman–Crippen MR) is 255 cm³/mol. The Morgan fingerprint density at radius 1 is 0.406 bits per heavy atom. The van der Waals surface area contributed by atoms with Crippen molar-refractivity contribution >= 4 is 55.7 Å². The van der Waals surface area contributed by atoms with Crippen LogP contribution in [0, 0.1) is 22.7 Å². The summed E-state index contributed by atoms with van der Waals surface area (Å²) in [6.07, 6.45) is 4.02. The van der Waals surface area contributed by atoms with Crippen molar-refractivity contribution in [2.24, 2.45) is 0 Å². The summed E-state index contributed by atoms with van der Waals surface area (Å²) in [5, 5.41) is 27.6. The zero-order valence-electron chi connectivity index (χ0n) is 34.8. The number of anilines is 6. The lowest BCUT2D eigenvalue weighted by Gasteiger charge is -2.46. The molecule has 0 unspecified atom stereocenters. The highest BCUT2D eigenvalue weighted by Gasteiger charge is 2.45. The smallest absolute Gasteiger partial charge is 0.159 e. The third-order valence-corrected chi connectivity index (χ3v) is 14.0. The Morgan fingerprint density at radius 3 is 1.23 bits per heavy atom. The van der Waals surface area contributed by atoms with Gasteiger partial charge in [0.2, 0.25) is 0 Å². The molecular formula is C58H38N4O2. The average molecular weight is 823 g/mol. The summed E-state index contributed by atoms with van der Waals surface area (Å²) in [5.74, 6) is 3.20. The first-order valence-electron chi connectivity index (χ1n) is 22.1. The van der Waals surface area contributed by atoms with Gasteiger partial charge in [0, 0.05) is 10.8 Å². The zero-order chi connectivity index (χ0) is 42.5. The fraction of sp³-hybridized carbons (Fsp3) is 0.103. The van der Waals surface area contributed by atoms with Gasteiger partial charge in [0.05, 0.1) is 45.3 Å². The Bertz CT molecular complexity index is 3270. The quantitative estimate of drug-likeness (QED) is 0.176. The van der Waals surface area contributed by atoms with E-state index in [0.29, 0.717) is 22.6 Å². The van der Waals surface area contributed by atoms with Crippen LogP contribution >= 0.6 is 0 Å². The Hall–Kier alpha value is -8.32. The highest BCUT2D eigenvalue weighted by molar-refractivity contribution is 6.05. The van der Waals surface area contributed by atoms with Crippen molar-refractivity contribution in [2.45, 2.75) is 37.5 Å². The molecule has 64 heavy (non-hydrogen) atoms. The van der Waals surface area contributed by atoms with Crippen molar-refractivity contribution in [1.82, 2.24) is 0 Å². The Morgan fingerprint density at radius 2 is 0.812 bits per heavy atom. The molecule has 3 aliphatic carbocycles. The molecule has 1 saturated carbocycles.